The van der Waals surface area contributed by atoms with E-state index in [9.17, 15) is 22.4 Å². The van der Waals surface area contributed by atoms with Gasteiger partial charge in [0, 0.05) is 5.69 Å². The molecule has 0 spiro atoms. The number of fused-ring (bicyclic) bond motifs is 1. The second-order valence-electron chi connectivity index (χ2n) is 6.64. The van der Waals surface area contributed by atoms with Gasteiger partial charge >= 0.3 is 6.18 Å². The maximum absolute atomic E-state index is 13.1. The van der Waals surface area contributed by atoms with E-state index in [2.05, 4.69) is 25.6 Å². The third kappa shape index (κ3) is 5.02. The molecular weight excluding hydrogens is 448 g/mol. The predicted molar refractivity (Wildman–Crippen MR) is 109 cm³/mol. The van der Waals surface area contributed by atoms with Gasteiger partial charge in [0.1, 0.15) is 17.2 Å². The summed E-state index contributed by atoms with van der Waals surface area (Å²) < 4.78 is 53.1. The van der Waals surface area contributed by atoms with Gasteiger partial charge in [-0.3, -0.25) is 4.79 Å². The van der Waals surface area contributed by atoms with E-state index in [1.807, 2.05) is 0 Å². The van der Waals surface area contributed by atoms with E-state index in [1.165, 1.54) is 35.3 Å². The highest BCUT2D eigenvalue weighted by atomic mass is 32.2. The first-order valence-corrected chi connectivity index (χ1v) is 10.2. The number of hydrogen-bond donors (Lipinski definition) is 1. The number of thioether (sulfide) groups is 1. The number of hydrogen-bond acceptors (Lipinski definition) is 6. The van der Waals surface area contributed by atoms with E-state index in [4.69, 9.17) is 0 Å². The Bertz CT molecular complexity index is 1260. The van der Waals surface area contributed by atoms with Crippen LogP contribution >= 0.6 is 11.8 Å². The van der Waals surface area contributed by atoms with Crippen LogP contribution in [0.2, 0.25) is 0 Å². The third-order valence-electron chi connectivity index (χ3n) is 4.33. The predicted octanol–water partition coefficient (Wildman–Crippen LogP) is 4.16. The average molecular weight is 462 g/mol. The fraction of sp³-hybridized carbons (Fsp3) is 0.150. The first-order valence-electron chi connectivity index (χ1n) is 9.18. The molecular formula is C20H14F4N6OS. The largest absolute Gasteiger partial charge is 0.416 e. The van der Waals surface area contributed by atoms with Gasteiger partial charge in [-0.15, -0.1) is 5.10 Å². The Morgan fingerprint density at radius 2 is 1.88 bits per heavy atom. The van der Waals surface area contributed by atoms with Gasteiger partial charge in [-0.25, -0.2) is 19.0 Å². The van der Waals surface area contributed by atoms with Crippen molar-refractivity contribution >= 4 is 34.5 Å². The number of amides is 1. The molecule has 164 valence electrons. The van der Waals surface area contributed by atoms with Crippen LogP contribution in [0.25, 0.3) is 11.2 Å². The van der Waals surface area contributed by atoms with Crippen molar-refractivity contribution in [3.63, 3.8) is 0 Å². The zero-order valence-electron chi connectivity index (χ0n) is 16.2. The molecule has 2 aromatic heterocycles. The highest BCUT2D eigenvalue weighted by molar-refractivity contribution is 8.00. The van der Waals surface area contributed by atoms with Crippen molar-refractivity contribution in [3.05, 3.63) is 71.8 Å². The molecule has 4 aromatic rings. The standard InChI is InChI=1S/C20H14F4N6OS/c21-14-6-4-12(5-7-14)9-30-18-17(28-29-30)19(26-11-25-18)32-10-16(31)27-15-3-1-2-13(8-15)20(22,23)24/h1-8,11H,9-10H2,(H,27,31). The summed E-state index contributed by atoms with van der Waals surface area (Å²) in [5.41, 5.74) is 0.810. The van der Waals surface area contributed by atoms with Crippen molar-refractivity contribution in [2.24, 2.45) is 0 Å². The maximum Gasteiger partial charge on any atom is 0.416 e. The molecule has 0 unspecified atom stereocenters. The topological polar surface area (TPSA) is 85.6 Å². The van der Waals surface area contributed by atoms with E-state index in [0.29, 0.717) is 22.7 Å². The summed E-state index contributed by atoms with van der Waals surface area (Å²) in [4.78, 5) is 20.5. The molecule has 1 N–H and O–H groups in total. The lowest BCUT2D eigenvalue weighted by Gasteiger charge is -2.09. The van der Waals surface area contributed by atoms with Gasteiger partial charge in [0.05, 0.1) is 17.9 Å². The molecule has 0 atom stereocenters. The number of nitrogens with one attached hydrogen (secondary N) is 1. The molecule has 1 amide bonds. The Labute approximate surface area is 182 Å². The van der Waals surface area contributed by atoms with Gasteiger partial charge in [-0.05, 0) is 35.9 Å². The molecule has 4 rings (SSSR count). The highest BCUT2D eigenvalue weighted by Crippen LogP contribution is 2.31. The van der Waals surface area contributed by atoms with Gasteiger partial charge in [-0.1, -0.05) is 35.2 Å². The van der Waals surface area contributed by atoms with Gasteiger partial charge in [-0.2, -0.15) is 13.2 Å². The van der Waals surface area contributed by atoms with Gasteiger partial charge in [0.15, 0.2) is 11.2 Å². The molecule has 0 radical (unpaired) electrons. The molecule has 0 fully saturated rings. The van der Waals surface area contributed by atoms with Crippen LogP contribution in [0.5, 0.6) is 0 Å². The number of halogens is 4. The Morgan fingerprint density at radius 3 is 2.62 bits per heavy atom. The highest BCUT2D eigenvalue weighted by Gasteiger charge is 2.30. The Kier molecular flexibility index (Phi) is 6.04. The fourth-order valence-corrected chi connectivity index (χ4v) is 3.58. The number of benzene rings is 2. The van der Waals surface area contributed by atoms with Crippen LogP contribution in [0.3, 0.4) is 0 Å². The summed E-state index contributed by atoms with van der Waals surface area (Å²) in [7, 11) is 0. The van der Waals surface area contributed by atoms with E-state index < -0.39 is 17.6 Å². The maximum atomic E-state index is 13.1. The number of nitrogens with zero attached hydrogens (tertiary/aromatic N) is 5. The van der Waals surface area contributed by atoms with Crippen LogP contribution in [0, 0.1) is 5.82 Å². The Hall–Kier alpha value is -3.54. The normalized spacial score (nSPS) is 11.6. The van der Waals surface area contributed by atoms with E-state index >= 15 is 0 Å². The van der Waals surface area contributed by atoms with Crippen molar-refractivity contribution in [3.8, 4) is 0 Å². The number of carbonyl (C=O) groups excluding carboxylic acids is 1. The molecule has 0 aliphatic heterocycles. The molecule has 0 saturated heterocycles. The van der Waals surface area contributed by atoms with Crippen LogP contribution in [-0.4, -0.2) is 36.6 Å². The number of carbonyl (C=O) groups is 1. The Morgan fingerprint density at radius 1 is 1.09 bits per heavy atom. The monoisotopic (exact) mass is 462 g/mol. The molecule has 32 heavy (non-hydrogen) atoms. The average Bonchev–Trinajstić information content (AvgIpc) is 3.17. The quantitative estimate of drug-likeness (QED) is 0.263. The summed E-state index contributed by atoms with van der Waals surface area (Å²) in [6.07, 6.45) is -3.19. The molecule has 2 aromatic carbocycles. The number of anilines is 1. The number of rotatable bonds is 6. The van der Waals surface area contributed by atoms with Crippen molar-refractivity contribution in [2.75, 3.05) is 11.1 Å². The SMILES string of the molecule is O=C(CSc1ncnc2c1nnn2Cc1ccc(F)cc1)Nc1cccc(C(F)(F)F)c1. The van der Waals surface area contributed by atoms with Crippen LogP contribution < -0.4 is 5.32 Å². The lowest BCUT2D eigenvalue weighted by Crippen LogP contribution is -2.15. The summed E-state index contributed by atoms with van der Waals surface area (Å²) in [5.74, 6) is -0.950. The summed E-state index contributed by atoms with van der Waals surface area (Å²) in [6.45, 7) is 0.313. The molecule has 2 heterocycles. The zero-order chi connectivity index (χ0) is 22.7. The van der Waals surface area contributed by atoms with Crippen molar-refractivity contribution in [1.82, 2.24) is 25.0 Å². The molecule has 12 heteroatoms. The molecule has 7 nitrogen and oxygen atoms in total. The van der Waals surface area contributed by atoms with Crippen molar-refractivity contribution in [1.29, 1.82) is 0 Å². The third-order valence-corrected chi connectivity index (χ3v) is 5.30. The molecule has 0 aliphatic carbocycles. The summed E-state index contributed by atoms with van der Waals surface area (Å²) in [6, 6.07) is 10.3. The van der Waals surface area contributed by atoms with E-state index in [1.54, 1.807) is 12.1 Å². The Balaban J connectivity index is 1.44. The number of aromatic nitrogens is 5. The smallest absolute Gasteiger partial charge is 0.325 e. The first-order chi connectivity index (χ1) is 15.3. The zero-order valence-corrected chi connectivity index (χ0v) is 17.0. The van der Waals surface area contributed by atoms with Gasteiger partial charge < -0.3 is 5.32 Å². The molecule has 0 aliphatic rings. The molecule has 0 saturated carbocycles. The molecule has 0 bridgehead atoms. The summed E-state index contributed by atoms with van der Waals surface area (Å²) in [5, 5.41) is 11.0. The van der Waals surface area contributed by atoms with E-state index in [0.717, 1.165) is 29.5 Å². The second kappa shape index (κ2) is 8.91. The minimum Gasteiger partial charge on any atom is -0.325 e. The van der Waals surface area contributed by atoms with Crippen LogP contribution in [0.15, 0.2) is 59.9 Å². The number of alkyl halides is 3. The van der Waals surface area contributed by atoms with Crippen LogP contribution in [0.1, 0.15) is 11.1 Å². The van der Waals surface area contributed by atoms with Crippen LogP contribution in [0.4, 0.5) is 23.2 Å². The second-order valence-corrected chi connectivity index (χ2v) is 7.60. The van der Waals surface area contributed by atoms with Crippen molar-refractivity contribution in [2.45, 2.75) is 17.7 Å². The fourth-order valence-electron chi connectivity index (χ4n) is 2.85. The van der Waals surface area contributed by atoms with Gasteiger partial charge in [0.2, 0.25) is 5.91 Å². The van der Waals surface area contributed by atoms with Crippen molar-refractivity contribution < 1.29 is 22.4 Å². The lowest BCUT2D eigenvalue weighted by molar-refractivity contribution is -0.137. The summed E-state index contributed by atoms with van der Waals surface area (Å²) >= 11 is 1.06. The van der Waals surface area contributed by atoms with Crippen LogP contribution in [-0.2, 0) is 17.5 Å². The minimum absolute atomic E-state index is 0.0449. The van der Waals surface area contributed by atoms with E-state index in [-0.39, 0.29) is 17.3 Å². The lowest BCUT2D eigenvalue weighted by atomic mass is 10.2. The first kappa shape index (κ1) is 21.7. The minimum atomic E-state index is -4.50. The van der Waals surface area contributed by atoms with Gasteiger partial charge in [0.25, 0.3) is 0 Å².